The van der Waals surface area contributed by atoms with Crippen LogP contribution in [0.4, 0.5) is 0 Å². The summed E-state index contributed by atoms with van der Waals surface area (Å²) in [6.07, 6.45) is 0.0669. The van der Waals surface area contributed by atoms with E-state index in [0.717, 1.165) is 4.90 Å². The normalized spacial score (nSPS) is 12.9. The summed E-state index contributed by atoms with van der Waals surface area (Å²) in [6, 6.07) is -3.75. The molecule has 26 nitrogen and oxygen atoms in total. The standard InChI is InChI=1S/C37H55N11O15/c1-20(43-28(52)16-22-8-11-39-12-9-22)33(59)44-21(2)34(60)47-25(17-26(38)50)37(63)46-24(10-15-48(3)30(54)19-49)36(62)41-14-13-40-35(61)23(4-6-31(55)56)45-29(53)18-42-27(51)5-7-32(57)58/h8-9,11-12,20-21,23-25,49H,4-7,10,13-19H2,1-3H3,(H2,38,50)(H,40,61)(H,41,62)(H,42,51)(H,43,52)(H,44,59)(H,45,53)(H,46,63)(H,47,60)(H,55,56)(H,57,58)/t20-,21+,23+,24-,25-/m0/s1. The van der Waals surface area contributed by atoms with E-state index in [1.165, 1.54) is 33.3 Å². The summed E-state index contributed by atoms with van der Waals surface area (Å²) < 4.78 is 0. The first-order chi connectivity index (χ1) is 29.6. The summed E-state index contributed by atoms with van der Waals surface area (Å²) >= 11 is 0. The molecular formula is C37H55N11O15. The fourth-order valence-corrected chi connectivity index (χ4v) is 5.15. The van der Waals surface area contributed by atoms with E-state index in [2.05, 4.69) is 47.5 Å². The third-order valence-electron chi connectivity index (χ3n) is 8.66. The lowest BCUT2D eigenvalue weighted by Crippen LogP contribution is -2.58. The molecule has 13 N–H and O–H groups in total. The lowest BCUT2D eigenvalue weighted by molar-refractivity contribution is -0.139. The Morgan fingerprint density at radius 3 is 1.73 bits per heavy atom. The molecule has 5 atom stereocenters. The molecule has 10 amide bonds. The summed E-state index contributed by atoms with van der Waals surface area (Å²) in [5.41, 5.74) is 5.96. The monoisotopic (exact) mass is 893 g/mol. The third-order valence-corrected chi connectivity index (χ3v) is 8.66. The Kier molecular flexibility index (Phi) is 24.2. The maximum absolute atomic E-state index is 13.5. The minimum absolute atomic E-state index is 0.0488. The van der Waals surface area contributed by atoms with Crippen molar-refractivity contribution in [1.82, 2.24) is 52.4 Å². The van der Waals surface area contributed by atoms with E-state index in [-0.39, 0.29) is 38.9 Å². The predicted octanol–water partition coefficient (Wildman–Crippen LogP) is -6.12. The number of aromatic nitrogens is 1. The number of aliphatic hydroxyl groups is 1. The van der Waals surface area contributed by atoms with Gasteiger partial charge < -0.3 is 68.5 Å². The Labute approximate surface area is 360 Å². The van der Waals surface area contributed by atoms with Gasteiger partial charge in [-0.15, -0.1) is 0 Å². The molecule has 0 aliphatic rings. The number of carbonyl (C=O) groups is 12. The number of nitrogens with two attached hydrogens (primary N) is 1. The largest absolute Gasteiger partial charge is 0.481 e. The van der Waals surface area contributed by atoms with Crippen LogP contribution >= 0.6 is 0 Å². The van der Waals surface area contributed by atoms with Crippen molar-refractivity contribution in [3.8, 4) is 0 Å². The lowest BCUT2D eigenvalue weighted by Gasteiger charge is -2.25. The summed E-state index contributed by atoms with van der Waals surface area (Å²) in [4.78, 5) is 153. The molecule has 0 saturated carbocycles. The van der Waals surface area contributed by atoms with Crippen LogP contribution in [0.3, 0.4) is 0 Å². The average Bonchev–Trinajstić information content (AvgIpc) is 3.22. The minimum atomic E-state index is -1.69. The highest BCUT2D eigenvalue weighted by Gasteiger charge is 2.31. The van der Waals surface area contributed by atoms with Crippen molar-refractivity contribution in [2.24, 2.45) is 5.73 Å². The van der Waals surface area contributed by atoms with Crippen molar-refractivity contribution in [3.63, 3.8) is 0 Å². The van der Waals surface area contributed by atoms with Gasteiger partial charge in [0, 0.05) is 51.9 Å². The molecule has 348 valence electrons. The fraction of sp³-hybridized carbons (Fsp3) is 0.541. The Hall–Kier alpha value is -7.25. The maximum Gasteiger partial charge on any atom is 0.303 e. The smallest absolute Gasteiger partial charge is 0.303 e. The first kappa shape index (κ1) is 53.8. The molecule has 26 heteroatoms. The second kappa shape index (κ2) is 28.3. The van der Waals surface area contributed by atoms with Gasteiger partial charge in [0.2, 0.25) is 59.1 Å². The molecule has 0 bridgehead atoms. The van der Waals surface area contributed by atoms with Gasteiger partial charge in [-0.05, 0) is 44.4 Å². The van der Waals surface area contributed by atoms with Crippen molar-refractivity contribution in [2.75, 3.05) is 39.8 Å². The van der Waals surface area contributed by atoms with Gasteiger partial charge in [-0.2, -0.15) is 0 Å². The Morgan fingerprint density at radius 2 is 1.17 bits per heavy atom. The number of nitrogens with zero attached hydrogens (tertiary/aromatic N) is 2. The number of carboxylic acids is 2. The van der Waals surface area contributed by atoms with Crippen molar-refractivity contribution in [1.29, 1.82) is 0 Å². The van der Waals surface area contributed by atoms with E-state index in [1.54, 1.807) is 12.1 Å². The molecule has 0 aromatic carbocycles. The maximum atomic E-state index is 13.5. The first-order valence-electron chi connectivity index (χ1n) is 19.4. The highest BCUT2D eigenvalue weighted by Crippen LogP contribution is 2.03. The second-order valence-electron chi connectivity index (χ2n) is 13.9. The van der Waals surface area contributed by atoms with Crippen LogP contribution in [0.1, 0.15) is 57.9 Å². The van der Waals surface area contributed by atoms with Crippen LogP contribution in [-0.2, 0) is 64.0 Å². The van der Waals surface area contributed by atoms with Crippen molar-refractivity contribution in [2.45, 2.75) is 89.0 Å². The first-order valence-corrected chi connectivity index (χ1v) is 19.4. The molecule has 0 fully saturated rings. The molecule has 63 heavy (non-hydrogen) atoms. The minimum Gasteiger partial charge on any atom is -0.481 e. The highest BCUT2D eigenvalue weighted by atomic mass is 16.4. The molecule has 1 rings (SSSR count). The summed E-state index contributed by atoms with van der Waals surface area (Å²) in [5, 5.41) is 45.8. The van der Waals surface area contributed by atoms with Crippen LogP contribution in [0.2, 0.25) is 0 Å². The molecule has 0 saturated heterocycles. The van der Waals surface area contributed by atoms with Gasteiger partial charge in [-0.3, -0.25) is 62.5 Å². The van der Waals surface area contributed by atoms with Gasteiger partial charge in [-0.25, -0.2) is 0 Å². The number of carbonyl (C=O) groups excluding carboxylic acids is 10. The van der Waals surface area contributed by atoms with Crippen LogP contribution in [0.25, 0.3) is 0 Å². The van der Waals surface area contributed by atoms with Crippen LogP contribution in [-0.4, -0.2) is 166 Å². The van der Waals surface area contributed by atoms with E-state index in [1.807, 2.05) is 0 Å². The number of aliphatic carboxylic acids is 2. The number of pyridine rings is 1. The van der Waals surface area contributed by atoms with Crippen molar-refractivity contribution >= 4 is 71.0 Å². The lowest BCUT2D eigenvalue weighted by atomic mass is 10.1. The van der Waals surface area contributed by atoms with E-state index in [9.17, 15) is 62.6 Å². The summed E-state index contributed by atoms with van der Waals surface area (Å²) in [5.74, 6) is -11.0. The number of amides is 10. The highest BCUT2D eigenvalue weighted by molar-refractivity contribution is 5.97. The number of carboxylic acid groups (broad SMARTS) is 2. The number of nitrogens with one attached hydrogen (secondary N) is 8. The molecule has 0 unspecified atom stereocenters. The molecular weight excluding hydrogens is 838 g/mol. The Bertz CT molecular complexity index is 1820. The average molecular weight is 894 g/mol. The zero-order chi connectivity index (χ0) is 47.6. The zero-order valence-corrected chi connectivity index (χ0v) is 34.9. The van der Waals surface area contributed by atoms with Gasteiger partial charge in [-0.1, -0.05) is 0 Å². The summed E-state index contributed by atoms with van der Waals surface area (Å²) in [6.45, 7) is 0.292. The molecule has 1 heterocycles. The number of hydrogen-bond donors (Lipinski definition) is 12. The van der Waals surface area contributed by atoms with Crippen LogP contribution in [0, 0.1) is 0 Å². The number of hydrogen-bond acceptors (Lipinski definition) is 14. The van der Waals surface area contributed by atoms with Gasteiger partial charge in [0.1, 0.15) is 36.8 Å². The SMILES string of the molecule is C[C@H](NC(=O)Cc1ccncc1)C(=O)N[C@H](C)C(=O)N[C@@H](CC(N)=O)C(=O)N[C@@H](CCN(C)C(=O)CO)C(=O)NCCNC(=O)[C@@H](CCC(=O)O)NC(=O)CNC(=O)CCC(=O)O. The Morgan fingerprint density at radius 1 is 0.635 bits per heavy atom. The van der Waals surface area contributed by atoms with E-state index >= 15 is 0 Å². The molecule has 1 aromatic rings. The summed E-state index contributed by atoms with van der Waals surface area (Å²) in [7, 11) is 1.30. The Balaban J connectivity index is 2.96. The fourth-order valence-electron chi connectivity index (χ4n) is 5.15. The van der Waals surface area contributed by atoms with E-state index in [0.29, 0.717) is 5.56 Å². The molecule has 0 radical (unpaired) electrons. The quantitative estimate of drug-likeness (QED) is 0.0333. The van der Waals surface area contributed by atoms with Gasteiger partial charge in [0.25, 0.3) is 0 Å². The third kappa shape index (κ3) is 22.8. The topological polar surface area (TPSA) is 404 Å². The van der Waals surface area contributed by atoms with Crippen LogP contribution < -0.4 is 48.3 Å². The number of rotatable bonds is 29. The second-order valence-corrected chi connectivity index (χ2v) is 13.9. The van der Waals surface area contributed by atoms with E-state index in [4.69, 9.17) is 15.9 Å². The predicted molar refractivity (Wildman–Crippen MR) is 215 cm³/mol. The van der Waals surface area contributed by atoms with Gasteiger partial charge in [0.05, 0.1) is 25.8 Å². The van der Waals surface area contributed by atoms with Crippen LogP contribution in [0.15, 0.2) is 24.5 Å². The van der Waals surface area contributed by atoms with E-state index < -0.39 is 140 Å². The zero-order valence-electron chi connectivity index (χ0n) is 34.9. The molecule has 0 aliphatic heterocycles. The molecule has 1 aromatic heterocycles. The number of likely N-dealkylation sites (N-methyl/N-ethyl adjacent to an activating group) is 1. The molecule has 0 spiro atoms. The van der Waals surface area contributed by atoms with Gasteiger partial charge >= 0.3 is 11.9 Å². The number of aliphatic hydroxyl groups excluding tert-OH is 1. The van der Waals surface area contributed by atoms with Crippen molar-refractivity contribution in [3.05, 3.63) is 30.1 Å². The number of primary amides is 1. The molecule has 0 aliphatic carbocycles. The van der Waals surface area contributed by atoms with Gasteiger partial charge in [0.15, 0.2) is 0 Å². The van der Waals surface area contributed by atoms with Crippen molar-refractivity contribution < 1.29 is 72.9 Å². The van der Waals surface area contributed by atoms with Crippen LogP contribution in [0.5, 0.6) is 0 Å².